The van der Waals surface area contributed by atoms with Gasteiger partial charge in [-0.15, -0.1) is 11.8 Å². The molecule has 1 aromatic heterocycles. The molecule has 0 spiro atoms. The van der Waals surface area contributed by atoms with Gasteiger partial charge < -0.3 is 5.32 Å². The Hall–Kier alpha value is -2.66. The number of carbonyl (C=O) groups is 1. The second-order valence-corrected chi connectivity index (χ2v) is 7.28. The van der Waals surface area contributed by atoms with E-state index in [-0.39, 0.29) is 5.91 Å². The third kappa shape index (κ3) is 5.41. The van der Waals surface area contributed by atoms with E-state index in [0.29, 0.717) is 12.2 Å². The largest absolute Gasteiger partial charge is 0.326 e. The fraction of sp³-hybridized carbons (Fsp3) is 0.227. The molecule has 0 radical (unpaired) electrons. The lowest BCUT2D eigenvalue weighted by Gasteiger charge is -2.10. The van der Waals surface area contributed by atoms with E-state index in [9.17, 15) is 4.79 Å². The third-order valence-corrected chi connectivity index (χ3v) is 5.05. The van der Waals surface area contributed by atoms with Crippen LogP contribution in [0.1, 0.15) is 24.7 Å². The number of aryl methyl sites for hydroxylation is 2. The SMILES string of the molecule is CCc1ccccc1NC(=O)CCSc1cc(-c2ccccc2)nc(C)n1. The molecule has 0 aliphatic carbocycles. The summed E-state index contributed by atoms with van der Waals surface area (Å²) in [5, 5.41) is 3.90. The Morgan fingerprint density at radius 2 is 1.78 bits per heavy atom. The summed E-state index contributed by atoms with van der Waals surface area (Å²) in [7, 11) is 0. The van der Waals surface area contributed by atoms with Crippen molar-refractivity contribution in [3.8, 4) is 11.3 Å². The zero-order valence-electron chi connectivity index (χ0n) is 15.6. The summed E-state index contributed by atoms with van der Waals surface area (Å²) in [5.41, 5.74) is 4.03. The van der Waals surface area contributed by atoms with Gasteiger partial charge in [0.05, 0.1) is 5.69 Å². The monoisotopic (exact) mass is 377 g/mol. The maximum Gasteiger partial charge on any atom is 0.225 e. The number of nitrogens with zero attached hydrogens (tertiary/aromatic N) is 2. The quantitative estimate of drug-likeness (QED) is 0.458. The maximum absolute atomic E-state index is 12.3. The molecule has 3 aromatic rings. The lowest BCUT2D eigenvalue weighted by Crippen LogP contribution is -2.13. The van der Waals surface area contributed by atoms with Crippen LogP contribution in [0.5, 0.6) is 0 Å². The fourth-order valence-corrected chi connectivity index (χ4v) is 3.67. The van der Waals surface area contributed by atoms with Crippen LogP contribution >= 0.6 is 11.8 Å². The fourth-order valence-electron chi connectivity index (χ4n) is 2.78. The molecule has 0 fully saturated rings. The van der Waals surface area contributed by atoms with E-state index in [0.717, 1.165) is 39.8 Å². The van der Waals surface area contributed by atoms with Crippen molar-refractivity contribution >= 4 is 23.4 Å². The van der Waals surface area contributed by atoms with Crippen molar-refractivity contribution < 1.29 is 4.79 Å². The minimum absolute atomic E-state index is 0.0254. The van der Waals surface area contributed by atoms with Gasteiger partial charge in [-0.3, -0.25) is 4.79 Å². The first-order valence-corrected chi connectivity index (χ1v) is 10.1. The van der Waals surface area contributed by atoms with Crippen molar-refractivity contribution in [2.45, 2.75) is 31.7 Å². The summed E-state index contributed by atoms with van der Waals surface area (Å²) in [4.78, 5) is 21.3. The number of aromatic nitrogens is 2. The van der Waals surface area contributed by atoms with Crippen LogP contribution in [-0.4, -0.2) is 21.6 Å². The van der Waals surface area contributed by atoms with Gasteiger partial charge in [0.15, 0.2) is 0 Å². The molecule has 0 atom stereocenters. The van der Waals surface area contributed by atoms with Crippen molar-refractivity contribution in [3.05, 3.63) is 72.1 Å². The molecule has 2 aromatic carbocycles. The van der Waals surface area contributed by atoms with Gasteiger partial charge in [-0.2, -0.15) is 0 Å². The Balaban J connectivity index is 1.59. The zero-order valence-corrected chi connectivity index (χ0v) is 16.4. The summed E-state index contributed by atoms with van der Waals surface area (Å²) < 4.78 is 0. The molecule has 0 unspecified atom stereocenters. The molecule has 1 N–H and O–H groups in total. The number of anilines is 1. The highest BCUT2D eigenvalue weighted by atomic mass is 32.2. The number of nitrogens with one attached hydrogen (secondary N) is 1. The summed E-state index contributed by atoms with van der Waals surface area (Å²) in [5.74, 6) is 1.43. The molecule has 27 heavy (non-hydrogen) atoms. The van der Waals surface area contributed by atoms with Crippen LogP contribution < -0.4 is 5.32 Å². The third-order valence-electron chi connectivity index (χ3n) is 4.14. The van der Waals surface area contributed by atoms with Crippen LogP contribution in [0.4, 0.5) is 5.69 Å². The number of para-hydroxylation sites is 1. The molecular formula is C22H23N3OS. The molecule has 0 aliphatic rings. The van der Waals surface area contributed by atoms with Gasteiger partial charge in [0, 0.05) is 23.4 Å². The first kappa shape index (κ1) is 19.1. The van der Waals surface area contributed by atoms with Crippen LogP contribution in [0.15, 0.2) is 65.7 Å². The summed E-state index contributed by atoms with van der Waals surface area (Å²) >= 11 is 1.58. The van der Waals surface area contributed by atoms with E-state index < -0.39 is 0 Å². The van der Waals surface area contributed by atoms with Gasteiger partial charge in [0.25, 0.3) is 0 Å². The average Bonchev–Trinajstić information content (AvgIpc) is 2.68. The van der Waals surface area contributed by atoms with Gasteiger partial charge in [0.1, 0.15) is 10.9 Å². The number of hydrogen-bond acceptors (Lipinski definition) is 4. The highest BCUT2D eigenvalue weighted by molar-refractivity contribution is 7.99. The standard InChI is InChI=1S/C22H23N3OS/c1-3-17-9-7-8-12-19(17)25-21(26)13-14-27-22-15-20(23-16(2)24-22)18-10-5-4-6-11-18/h4-12,15H,3,13-14H2,1-2H3,(H,25,26). The number of amides is 1. The number of carbonyl (C=O) groups excluding carboxylic acids is 1. The van der Waals surface area contributed by atoms with Crippen LogP contribution in [0.2, 0.25) is 0 Å². The molecule has 4 nitrogen and oxygen atoms in total. The molecule has 1 heterocycles. The van der Waals surface area contributed by atoms with Crippen molar-refractivity contribution in [3.63, 3.8) is 0 Å². The van der Waals surface area contributed by atoms with Gasteiger partial charge in [-0.1, -0.05) is 55.5 Å². The van der Waals surface area contributed by atoms with Crippen LogP contribution in [0.25, 0.3) is 11.3 Å². The number of hydrogen-bond donors (Lipinski definition) is 1. The van der Waals surface area contributed by atoms with E-state index in [1.807, 2.05) is 67.6 Å². The highest BCUT2D eigenvalue weighted by Crippen LogP contribution is 2.23. The average molecular weight is 378 g/mol. The second-order valence-electron chi connectivity index (χ2n) is 6.16. The van der Waals surface area contributed by atoms with Gasteiger partial charge in [-0.05, 0) is 31.0 Å². The lowest BCUT2D eigenvalue weighted by molar-refractivity contribution is -0.115. The van der Waals surface area contributed by atoms with Gasteiger partial charge in [0.2, 0.25) is 5.91 Å². The first-order valence-electron chi connectivity index (χ1n) is 9.07. The van der Waals surface area contributed by atoms with Gasteiger partial charge in [-0.25, -0.2) is 9.97 Å². The summed E-state index contributed by atoms with van der Waals surface area (Å²) in [6, 6.07) is 20.0. The molecule has 5 heteroatoms. The maximum atomic E-state index is 12.3. The normalized spacial score (nSPS) is 10.6. The predicted molar refractivity (Wildman–Crippen MR) is 112 cm³/mol. The molecule has 0 aliphatic heterocycles. The van der Waals surface area contributed by atoms with E-state index in [1.165, 1.54) is 0 Å². The molecule has 3 rings (SSSR count). The van der Waals surface area contributed by atoms with Crippen LogP contribution in [-0.2, 0) is 11.2 Å². The molecule has 0 saturated heterocycles. The molecule has 0 bridgehead atoms. The topological polar surface area (TPSA) is 54.9 Å². The molecule has 0 saturated carbocycles. The Bertz CT molecular complexity index is 912. The Morgan fingerprint density at radius 1 is 1.04 bits per heavy atom. The Kier molecular flexibility index (Phi) is 6.60. The summed E-state index contributed by atoms with van der Waals surface area (Å²) in [6.07, 6.45) is 1.33. The van der Waals surface area contributed by atoms with E-state index >= 15 is 0 Å². The van der Waals surface area contributed by atoms with Crippen molar-refractivity contribution in [2.75, 3.05) is 11.1 Å². The Morgan fingerprint density at radius 3 is 2.56 bits per heavy atom. The van der Waals surface area contributed by atoms with Crippen LogP contribution in [0.3, 0.4) is 0 Å². The van der Waals surface area contributed by atoms with Crippen molar-refractivity contribution in [2.24, 2.45) is 0 Å². The van der Waals surface area contributed by atoms with Crippen molar-refractivity contribution in [1.29, 1.82) is 0 Å². The predicted octanol–water partition coefficient (Wildman–Crippen LogP) is 5.14. The second kappa shape index (κ2) is 9.33. The number of rotatable bonds is 7. The first-order chi connectivity index (χ1) is 13.2. The lowest BCUT2D eigenvalue weighted by atomic mass is 10.1. The van der Waals surface area contributed by atoms with E-state index in [2.05, 4.69) is 22.2 Å². The van der Waals surface area contributed by atoms with E-state index in [4.69, 9.17) is 0 Å². The highest BCUT2D eigenvalue weighted by Gasteiger charge is 2.08. The molecular weight excluding hydrogens is 354 g/mol. The Labute approximate surface area is 164 Å². The molecule has 1 amide bonds. The van der Waals surface area contributed by atoms with Gasteiger partial charge >= 0.3 is 0 Å². The number of benzene rings is 2. The minimum Gasteiger partial charge on any atom is -0.326 e. The summed E-state index contributed by atoms with van der Waals surface area (Å²) in [6.45, 7) is 3.98. The zero-order chi connectivity index (χ0) is 19.1. The molecule has 138 valence electrons. The van der Waals surface area contributed by atoms with E-state index in [1.54, 1.807) is 11.8 Å². The van der Waals surface area contributed by atoms with Crippen molar-refractivity contribution in [1.82, 2.24) is 9.97 Å². The van der Waals surface area contributed by atoms with Crippen LogP contribution in [0, 0.1) is 6.92 Å². The minimum atomic E-state index is 0.0254. The smallest absolute Gasteiger partial charge is 0.225 e. The number of thioether (sulfide) groups is 1.